The minimum absolute atomic E-state index is 0.293. The number of aromatic hydroxyl groups is 1. The highest BCUT2D eigenvalue weighted by Crippen LogP contribution is 2.35. The molecular weight excluding hydrogens is 342 g/mol. The van der Waals surface area contributed by atoms with E-state index in [1.54, 1.807) is 23.5 Å². The predicted molar refractivity (Wildman–Crippen MR) is 108 cm³/mol. The fourth-order valence-electron chi connectivity index (χ4n) is 2.90. The lowest BCUT2D eigenvalue weighted by Gasteiger charge is -2.07. The Morgan fingerprint density at radius 2 is 1.77 bits per heavy atom. The number of rotatable bonds is 5. The first-order valence-electron chi connectivity index (χ1n) is 8.54. The maximum Gasteiger partial charge on any atom is 0.138 e. The average Bonchev–Trinajstić information content (AvgIpc) is 3.08. The quantitative estimate of drug-likeness (QED) is 0.524. The van der Waals surface area contributed by atoms with Crippen LogP contribution in [0, 0.1) is 6.92 Å². The normalized spacial score (nSPS) is 11.0. The minimum Gasteiger partial charge on any atom is -0.508 e. The van der Waals surface area contributed by atoms with E-state index in [1.165, 1.54) is 16.0 Å². The summed E-state index contributed by atoms with van der Waals surface area (Å²) in [4.78, 5) is 11.4. The van der Waals surface area contributed by atoms with Crippen LogP contribution in [-0.4, -0.2) is 21.6 Å². The van der Waals surface area contributed by atoms with E-state index in [9.17, 15) is 5.11 Å². The van der Waals surface area contributed by atoms with Crippen LogP contribution in [0.5, 0.6) is 5.75 Å². The summed E-state index contributed by atoms with van der Waals surface area (Å²) in [6.07, 6.45) is 0.862. The first-order valence-corrected chi connectivity index (χ1v) is 9.36. The number of phenolic OH excluding ortho intramolecular Hbond substituents is 1. The fraction of sp³-hybridized carbons (Fsp3) is 0.143. The van der Waals surface area contributed by atoms with Crippen molar-refractivity contribution in [2.75, 3.05) is 11.9 Å². The highest BCUT2D eigenvalue weighted by Gasteiger charge is 2.11. The Bertz CT molecular complexity index is 1030. The summed E-state index contributed by atoms with van der Waals surface area (Å²) in [5, 5.41) is 13.9. The molecule has 4 rings (SSSR count). The van der Waals surface area contributed by atoms with E-state index < -0.39 is 0 Å². The number of phenols is 1. The Morgan fingerprint density at radius 1 is 1.00 bits per heavy atom. The second-order valence-electron chi connectivity index (χ2n) is 6.16. The highest BCUT2D eigenvalue weighted by atomic mass is 32.1. The van der Waals surface area contributed by atoms with Gasteiger partial charge in [0, 0.05) is 11.4 Å². The molecule has 0 atom stereocenters. The molecule has 0 saturated heterocycles. The predicted octanol–water partition coefficient (Wildman–Crippen LogP) is 5.03. The number of hydrogen-bond acceptors (Lipinski definition) is 5. The van der Waals surface area contributed by atoms with Gasteiger partial charge in [0.05, 0.1) is 5.39 Å². The molecule has 2 N–H and O–H groups in total. The van der Waals surface area contributed by atoms with Gasteiger partial charge in [-0.2, -0.15) is 0 Å². The Morgan fingerprint density at radius 3 is 2.54 bits per heavy atom. The van der Waals surface area contributed by atoms with Gasteiger partial charge in [0.1, 0.15) is 22.2 Å². The van der Waals surface area contributed by atoms with Gasteiger partial charge >= 0.3 is 0 Å². The van der Waals surface area contributed by atoms with E-state index in [1.807, 2.05) is 37.3 Å². The number of nitrogens with zero attached hydrogens (tertiary/aromatic N) is 2. The molecule has 0 radical (unpaired) electrons. The number of benzene rings is 2. The molecule has 4 nitrogen and oxygen atoms in total. The van der Waals surface area contributed by atoms with E-state index in [2.05, 4.69) is 33.5 Å². The molecule has 5 heteroatoms. The molecule has 0 unspecified atom stereocenters. The molecule has 0 bridgehead atoms. The molecule has 0 aliphatic carbocycles. The van der Waals surface area contributed by atoms with Gasteiger partial charge in [0.2, 0.25) is 0 Å². The first kappa shape index (κ1) is 16.5. The van der Waals surface area contributed by atoms with Crippen LogP contribution in [-0.2, 0) is 6.42 Å². The van der Waals surface area contributed by atoms with Gasteiger partial charge in [0.15, 0.2) is 0 Å². The molecule has 0 spiro atoms. The van der Waals surface area contributed by atoms with Gasteiger partial charge in [-0.3, -0.25) is 0 Å². The number of hydrogen-bond donors (Lipinski definition) is 2. The molecule has 2 aromatic carbocycles. The van der Waals surface area contributed by atoms with Crippen molar-refractivity contribution in [3.8, 4) is 16.2 Å². The lowest BCUT2D eigenvalue weighted by atomic mass is 10.1. The molecule has 4 aromatic rings. The zero-order chi connectivity index (χ0) is 17.9. The molecule has 0 aliphatic rings. The second kappa shape index (κ2) is 7.14. The van der Waals surface area contributed by atoms with Gasteiger partial charge < -0.3 is 10.4 Å². The Balaban J connectivity index is 1.58. The van der Waals surface area contributed by atoms with Crippen LogP contribution in [0.4, 0.5) is 5.82 Å². The Hall–Kier alpha value is -2.92. The molecule has 0 amide bonds. The summed E-state index contributed by atoms with van der Waals surface area (Å²) in [7, 11) is 0. The van der Waals surface area contributed by atoms with E-state index >= 15 is 0 Å². The molecule has 26 heavy (non-hydrogen) atoms. The maximum atomic E-state index is 9.37. The first-order chi connectivity index (χ1) is 12.7. The van der Waals surface area contributed by atoms with Gasteiger partial charge in [-0.15, -0.1) is 11.3 Å². The number of aryl methyl sites for hydroxylation is 1. The lowest BCUT2D eigenvalue weighted by Crippen LogP contribution is -2.07. The summed E-state index contributed by atoms with van der Waals surface area (Å²) in [5.41, 5.74) is 2.37. The fourth-order valence-corrected chi connectivity index (χ4v) is 3.98. The van der Waals surface area contributed by atoms with Crippen molar-refractivity contribution < 1.29 is 5.11 Å². The number of aromatic nitrogens is 2. The highest BCUT2D eigenvalue weighted by molar-refractivity contribution is 7.21. The van der Waals surface area contributed by atoms with Crippen molar-refractivity contribution in [3.05, 3.63) is 72.1 Å². The van der Waals surface area contributed by atoms with Crippen molar-refractivity contribution >= 4 is 27.4 Å². The van der Waals surface area contributed by atoms with Crippen LogP contribution in [0.1, 0.15) is 11.4 Å². The minimum atomic E-state index is 0.293. The number of nitrogens with one attached hydrogen (secondary N) is 1. The summed E-state index contributed by atoms with van der Waals surface area (Å²) >= 11 is 1.69. The van der Waals surface area contributed by atoms with Gasteiger partial charge in [-0.05, 0) is 42.7 Å². The standard InChI is InChI=1S/C21H19N3OS/c1-14-23-20(22-12-11-15-7-9-17(25)10-8-15)18-13-19(26-21(18)24-14)16-5-3-2-4-6-16/h2-10,13,25H,11-12H2,1H3,(H,22,23,24). The second-order valence-corrected chi connectivity index (χ2v) is 7.19. The molecule has 2 heterocycles. The van der Waals surface area contributed by atoms with Crippen LogP contribution in [0.25, 0.3) is 20.7 Å². The van der Waals surface area contributed by atoms with Crippen LogP contribution in [0.15, 0.2) is 60.7 Å². The van der Waals surface area contributed by atoms with Gasteiger partial charge in [-0.25, -0.2) is 9.97 Å². The van der Waals surface area contributed by atoms with E-state index in [0.29, 0.717) is 5.75 Å². The van der Waals surface area contributed by atoms with Crippen LogP contribution < -0.4 is 5.32 Å². The zero-order valence-corrected chi connectivity index (χ0v) is 15.3. The van der Waals surface area contributed by atoms with Crippen LogP contribution >= 0.6 is 11.3 Å². The maximum absolute atomic E-state index is 9.37. The summed E-state index contributed by atoms with van der Waals surface area (Å²) < 4.78 is 0. The third-order valence-corrected chi connectivity index (χ3v) is 5.28. The average molecular weight is 361 g/mol. The summed E-state index contributed by atoms with van der Waals surface area (Å²) in [5.74, 6) is 1.94. The van der Waals surface area contributed by atoms with Crippen molar-refractivity contribution in [3.63, 3.8) is 0 Å². The Labute approximate surface area is 156 Å². The molecule has 0 saturated carbocycles. The van der Waals surface area contributed by atoms with Crippen LogP contribution in [0.3, 0.4) is 0 Å². The summed E-state index contributed by atoms with van der Waals surface area (Å²) in [6, 6.07) is 19.8. The number of thiophene rings is 1. The number of fused-ring (bicyclic) bond motifs is 1. The molecule has 0 fully saturated rings. The topological polar surface area (TPSA) is 58.0 Å². The van der Waals surface area contributed by atoms with Crippen molar-refractivity contribution in [1.82, 2.24) is 9.97 Å². The van der Waals surface area contributed by atoms with Gasteiger partial charge in [-0.1, -0.05) is 42.5 Å². The smallest absolute Gasteiger partial charge is 0.138 e. The summed E-state index contributed by atoms with van der Waals surface area (Å²) in [6.45, 7) is 2.69. The largest absolute Gasteiger partial charge is 0.508 e. The van der Waals surface area contributed by atoms with Gasteiger partial charge in [0.25, 0.3) is 0 Å². The molecule has 0 aliphatic heterocycles. The monoisotopic (exact) mass is 361 g/mol. The van der Waals surface area contributed by atoms with Crippen LogP contribution in [0.2, 0.25) is 0 Å². The molecule has 130 valence electrons. The Kier molecular flexibility index (Phi) is 4.54. The van der Waals surface area contributed by atoms with Crippen molar-refractivity contribution in [2.24, 2.45) is 0 Å². The zero-order valence-electron chi connectivity index (χ0n) is 14.4. The van der Waals surface area contributed by atoms with Crippen molar-refractivity contribution in [2.45, 2.75) is 13.3 Å². The number of anilines is 1. The van der Waals surface area contributed by atoms with E-state index in [-0.39, 0.29) is 0 Å². The lowest BCUT2D eigenvalue weighted by molar-refractivity contribution is 0.475. The van der Waals surface area contributed by atoms with E-state index in [4.69, 9.17) is 0 Å². The van der Waals surface area contributed by atoms with E-state index in [0.717, 1.165) is 34.8 Å². The third kappa shape index (κ3) is 3.53. The molecule has 2 aromatic heterocycles. The SMILES string of the molecule is Cc1nc(NCCc2ccc(O)cc2)c2cc(-c3ccccc3)sc2n1. The van der Waals surface area contributed by atoms with Crippen molar-refractivity contribution in [1.29, 1.82) is 0 Å². The third-order valence-electron chi connectivity index (χ3n) is 4.21. The molecular formula is C21H19N3OS.